The molecule has 0 radical (unpaired) electrons. The van der Waals surface area contributed by atoms with E-state index in [9.17, 15) is 5.11 Å². The third-order valence-electron chi connectivity index (χ3n) is 5.01. The average molecular weight is 284 g/mol. The summed E-state index contributed by atoms with van der Waals surface area (Å²) in [5.41, 5.74) is 0.456. The predicted octanol–water partition coefficient (Wildman–Crippen LogP) is 1.48. The van der Waals surface area contributed by atoms with Crippen molar-refractivity contribution in [1.82, 2.24) is 10.2 Å². The van der Waals surface area contributed by atoms with Gasteiger partial charge in [0.2, 0.25) is 0 Å². The van der Waals surface area contributed by atoms with E-state index in [0.29, 0.717) is 24.0 Å². The lowest BCUT2D eigenvalue weighted by molar-refractivity contribution is -0.0417. The number of morpholine rings is 1. The van der Waals surface area contributed by atoms with E-state index in [0.717, 1.165) is 26.2 Å². The summed E-state index contributed by atoms with van der Waals surface area (Å²) in [6.45, 7) is 11.8. The molecule has 1 aliphatic carbocycles. The van der Waals surface area contributed by atoms with E-state index >= 15 is 0 Å². The van der Waals surface area contributed by atoms with Crippen LogP contribution in [0.2, 0.25) is 0 Å². The topological polar surface area (TPSA) is 44.7 Å². The van der Waals surface area contributed by atoms with Crippen molar-refractivity contribution in [2.75, 3.05) is 39.5 Å². The third kappa shape index (κ3) is 4.17. The standard InChI is InChI=1S/C16H32N2O2/c1-4-17-15-5-6-16(2,3)9-13(15)10-18-7-8-20-12-14(18)11-19/h13-15,17,19H,4-12H2,1-3H3. The molecule has 0 aromatic carbocycles. The van der Waals surface area contributed by atoms with E-state index in [1.54, 1.807) is 0 Å². The van der Waals surface area contributed by atoms with E-state index < -0.39 is 0 Å². The molecule has 0 aromatic rings. The number of aliphatic hydroxyl groups excluding tert-OH is 1. The van der Waals surface area contributed by atoms with Crippen molar-refractivity contribution in [1.29, 1.82) is 0 Å². The molecule has 0 bridgehead atoms. The second-order valence-electron chi connectivity index (χ2n) is 7.24. The van der Waals surface area contributed by atoms with E-state index in [4.69, 9.17) is 4.74 Å². The smallest absolute Gasteiger partial charge is 0.0644 e. The van der Waals surface area contributed by atoms with Crippen LogP contribution in [0.4, 0.5) is 0 Å². The largest absolute Gasteiger partial charge is 0.395 e. The van der Waals surface area contributed by atoms with Gasteiger partial charge in [0, 0.05) is 19.1 Å². The van der Waals surface area contributed by atoms with Gasteiger partial charge in [-0.05, 0) is 37.1 Å². The Kier molecular flexibility index (Phi) is 5.84. The predicted molar refractivity (Wildman–Crippen MR) is 81.9 cm³/mol. The van der Waals surface area contributed by atoms with Gasteiger partial charge in [-0.25, -0.2) is 0 Å². The summed E-state index contributed by atoms with van der Waals surface area (Å²) in [5, 5.41) is 13.2. The van der Waals surface area contributed by atoms with Gasteiger partial charge >= 0.3 is 0 Å². The Morgan fingerprint density at radius 3 is 2.90 bits per heavy atom. The van der Waals surface area contributed by atoms with Crippen LogP contribution >= 0.6 is 0 Å². The van der Waals surface area contributed by atoms with Crippen LogP contribution in [0.3, 0.4) is 0 Å². The first-order valence-corrected chi connectivity index (χ1v) is 8.22. The normalized spacial score (nSPS) is 35.1. The fourth-order valence-corrected chi connectivity index (χ4v) is 3.86. The van der Waals surface area contributed by atoms with Crippen LogP contribution in [-0.4, -0.2) is 61.5 Å². The maximum absolute atomic E-state index is 9.53. The van der Waals surface area contributed by atoms with Crippen molar-refractivity contribution in [3.63, 3.8) is 0 Å². The second-order valence-corrected chi connectivity index (χ2v) is 7.24. The van der Waals surface area contributed by atoms with Crippen LogP contribution in [0.25, 0.3) is 0 Å². The molecule has 0 spiro atoms. The number of ether oxygens (including phenoxy) is 1. The molecule has 1 saturated heterocycles. The summed E-state index contributed by atoms with van der Waals surface area (Å²) < 4.78 is 5.49. The van der Waals surface area contributed by atoms with E-state index in [2.05, 4.69) is 31.0 Å². The zero-order valence-corrected chi connectivity index (χ0v) is 13.4. The molecule has 118 valence electrons. The highest BCUT2D eigenvalue weighted by atomic mass is 16.5. The minimum atomic E-state index is 0.191. The summed E-state index contributed by atoms with van der Waals surface area (Å²) in [6, 6.07) is 0.825. The fraction of sp³-hybridized carbons (Fsp3) is 1.00. The molecule has 2 rings (SSSR count). The first kappa shape index (κ1) is 16.2. The van der Waals surface area contributed by atoms with Gasteiger partial charge in [-0.1, -0.05) is 20.8 Å². The maximum atomic E-state index is 9.53. The van der Waals surface area contributed by atoms with Gasteiger partial charge in [0.1, 0.15) is 0 Å². The average Bonchev–Trinajstić information content (AvgIpc) is 2.42. The van der Waals surface area contributed by atoms with Crippen LogP contribution in [0.15, 0.2) is 0 Å². The molecule has 0 amide bonds. The molecule has 4 nitrogen and oxygen atoms in total. The number of nitrogens with one attached hydrogen (secondary N) is 1. The Morgan fingerprint density at radius 1 is 1.40 bits per heavy atom. The molecule has 2 aliphatic rings. The lowest BCUT2D eigenvalue weighted by Crippen LogP contribution is -2.53. The van der Waals surface area contributed by atoms with E-state index in [-0.39, 0.29) is 12.6 Å². The number of aliphatic hydroxyl groups is 1. The summed E-state index contributed by atoms with van der Waals surface area (Å²) in [7, 11) is 0. The molecule has 1 saturated carbocycles. The summed E-state index contributed by atoms with van der Waals surface area (Å²) >= 11 is 0. The monoisotopic (exact) mass is 284 g/mol. The summed E-state index contributed by atoms with van der Waals surface area (Å²) in [5.74, 6) is 0.686. The van der Waals surface area contributed by atoms with Crippen molar-refractivity contribution >= 4 is 0 Å². The second kappa shape index (κ2) is 7.21. The van der Waals surface area contributed by atoms with Gasteiger partial charge in [-0.2, -0.15) is 0 Å². The van der Waals surface area contributed by atoms with Crippen molar-refractivity contribution in [2.24, 2.45) is 11.3 Å². The summed E-state index contributed by atoms with van der Waals surface area (Å²) in [4.78, 5) is 2.44. The molecule has 20 heavy (non-hydrogen) atoms. The highest BCUT2D eigenvalue weighted by molar-refractivity contribution is 4.91. The zero-order chi connectivity index (χ0) is 14.6. The SMILES string of the molecule is CCNC1CCC(C)(C)CC1CN1CCOCC1CO. The quantitative estimate of drug-likeness (QED) is 0.803. The summed E-state index contributed by atoms with van der Waals surface area (Å²) in [6.07, 6.45) is 3.87. The number of nitrogens with zero attached hydrogens (tertiary/aromatic N) is 1. The minimum absolute atomic E-state index is 0.191. The van der Waals surface area contributed by atoms with Crippen LogP contribution in [0.5, 0.6) is 0 Å². The molecule has 1 heterocycles. The van der Waals surface area contributed by atoms with Gasteiger partial charge in [0.25, 0.3) is 0 Å². The Morgan fingerprint density at radius 2 is 2.20 bits per heavy atom. The number of hydrogen-bond acceptors (Lipinski definition) is 4. The maximum Gasteiger partial charge on any atom is 0.0644 e. The Balaban J connectivity index is 1.98. The van der Waals surface area contributed by atoms with Gasteiger partial charge < -0.3 is 15.2 Å². The minimum Gasteiger partial charge on any atom is -0.395 e. The van der Waals surface area contributed by atoms with Gasteiger partial charge in [0.15, 0.2) is 0 Å². The number of rotatable bonds is 5. The Bertz CT molecular complexity index is 296. The Hall–Kier alpha value is -0.160. The highest BCUT2D eigenvalue weighted by Gasteiger charge is 2.36. The molecule has 2 N–H and O–H groups in total. The molecular weight excluding hydrogens is 252 g/mol. The van der Waals surface area contributed by atoms with E-state index in [1.807, 2.05) is 0 Å². The first-order valence-electron chi connectivity index (χ1n) is 8.22. The van der Waals surface area contributed by atoms with Crippen molar-refractivity contribution in [2.45, 2.75) is 52.1 Å². The van der Waals surface area contributed by atoms with Crippen molar-refractivity contribution in [3.05, 3.63) is 0 Å². The zero-order valence-electron chi connectivity index (χ0n) is 13.4. The van der Waals surface area contributed by atoms with Crippen LogP contribution in [0.1, 0.15) is 40.0 Å². The van der Waals surface area contributed by atoms with Gasteiger partial charge in [0.05, 0.1) is 25.9 Å². The molecule has 2 fully saturated rings. The molecule has 1 aliphatic heterocycles. The lowest BCUT2D eigenvalue weighted by atomic mass is 9.69. The third-order valence-corrected chi connectivity index (χ3v) is 5.01. The van der Waals surface area contributed by atoms with Crippen LogP contribution in [0, 0.1) is 11.3 Å². The van der Waals surface area contributed by atoms with Gasteiger partial charge in [-0.15, -0.1) is 0 Å². The van der Waals surface area contributed by atoms with E-state index in [1.165, 1.54) is 19.3 Å². The Labute approximate surface area is 123 Å². The number of hydrogen-bond donors (Lipinski definition) is 2. The molecule has 3 unspecified atom stereocenters. The first-order chi connectivity index (χ1) is 9.55. The molecule has 3 atom stereocenters. The molecular formula is C16H32N2O2. The van der Waals surface area contributed by atoms with Gasteiger partial charge in [-0.3, -0.25) is 4.90 Å². The fourth-order valence-electron chi connectivity index (χ4n) is 3.86. The highest BCUT2D eigenvalue weighted by Crippen LogP contribution is 2.39. The van der Waals surface area contributed by atoms with Crippen molar-refractivity contribution in [3.8, 4) is 0 Å². The molecule has 4 heteroatoms. The van der Waals surface area contributed by atoms with Crippen LogP contribution < -0.4 is 5.32 Å². The lowest BCUT2D eigenvalue weighted by Gasteiger charge is -2.45. The van der Waals surface area contributed by atoms with Crippen LogP contribution in [-0.2, 0) is 4.74 Å². The molecule has 0 aromatic heterocycles. The van der Waals surface area contributed by atoms with Crippen molar-refractivity contribution < 1.29 is 9.84 Å².